The van der Waals surface area contributed by atoms with Gasteiger partial charge in [-0.15, -0.1) is 0 Å². The lowest BCUT2D eigenvalue weighted by molar-refractivity contribution is 0.250. The first kappa shape index (κ1) is 14.9. The van der Waals surface area contributed by atoms with Crippen LogP contribution in [0.25, 0.3) is 0 Å². The summed E-state index contributed by atoms with van der Waals surface area (Å²) in [5, 5.41) is 0. The van der Waals surface area contributed by atoms with E-state index in [-0.39, 0.29) is 0 Å². The Morgan fingerprint density at radius 1 is 1.14 bits per heavy atom. The van der Waals surface area contributed by atoms with Gasteiger partial charge in [-0.3, -0.25) is 0 Å². The van der Waals surface area contributed by atoms with Crippen LogP contribution in [0.1, 0.15) is 57.4 Å². The average molecular weight is 286 g/mol. The van der Waals surface area contributed by atoms with Gasteiger partial charge in [0.1, 0.15) is 0 Å². The van der Waals surface area contributed by atoms with Crippen LogP contribution in [0.15, 0.2) is 24.3 Å². The fraction of sp³-hybridized carbons (Fsp3) is 0.684. The molecule has 1 heterocycles. The van der Waals surface area contributed by atoms with Crippen LogP contribution < -0.4 is 10.6 Å². The molecule has 3 rings (SSSR count). The molecule has 116 valence electrons. The van der Waals surface area contributed by atoms with E-state index in [0.717, 1.165) is 13.1 Å². The third-order valence-electron chi connectivity index (χ3n) is 5.77. The summed E-state index contributed by atoms with van der Waals surface area (Å²) in [4.78, 5) is 2.66. The van der Waals surface area contributed by atoms with Crippen LogP contribution in [-0.2, 0) is 6.42 Å². The number of nitrogens with zero attached hydrogens (tertiary/aromatic N) is 1. The number of para-hydroxylation sites is 1. The van der Waals surface area contributed by atoms with Crippen molar-refractivity contribution < 1.29 is 0 Å². The molecule has 1 unspecified atom stereocenters. The van der Waals surface area contributed by atoms with E-state index in [1.807, 2.05) is 0 Å². The smallest absolute Gasteiger partial charge is 0.0401 e. The molecule has 0 saturated heterocycles. The van der Waals surface area contributed by atoms with Crippen LogP contribution in [0.5, 0.6) is 0 Å². The molecule has 21 heavy (non-hydrogen) atoms. The van der Waals surface area contributed by atoms with Crippen LogP contribution in [0.3, 0.4) is 0 Å². The summed E-state index contributed by atoms with van der Waals surface area (Å²) in [6.45, 7) is 4.39. The maximum atomic E-state index is 6.26. The summed E-state index contributed by atoms with van der Waals surface area (Å²) in [5.74, 6) is 0. The third-order valence-corrected chi connectivity index (χ3v) is 5.77. The van der Waals surface area contributed by atoms with E-state index in [9.17, 15) is 0 Å². The molecule has 1 saturated carbocycles. The highest BCUT2D eigenvalue weighted by atomic mass is 15.2. The summed E-state index contributed by atoms with van der Waals surface area (Å²) in [5.41, 5.74) is 9.60. The standard InChI is InChI=1S/C19H30N2/c1-16-10-11-17-8-4-5-9-18(17)21(16)15-19(14-20)12-6-2-3-7-13-19/h4-5,8-9,16H,2-3,6-7,10-15,20H2,1H3. The van der Waals surface area contributed by atoms with E-state index >= 15 is 0 Å². The summed E-state index contributed by atoms with van der Waals surface area (Å²) in [6, 6.07) is 9.62. The van der Waals surface area contributed by atoms with Crippen molar-refractivity contribution in [2.24, 2.45) is 11.1 Å². The van der Waals surface area contributed by atoms with Gasteiger partial charge in [-0.1, -0.05) is 43.9 Å². The van der Waals surface area contributed by atoms with Gasteiger partial charge >= 0.3 is 0 Å². The number of rotatable bonds is 3. The van der Waals surface area contributed by atoms with Crippen molar-refractivity contribution in [3.05, 3.63) is 29.8 Å². The molecule has 2 N–H and O–H groups in total. The monoisotopic (exact) mass is 286 g/mol. The molecule has 1 fully saturated rings. The number of nitrogens with two attached hydrogens (primary N) is 1. The second-order valence-corrected chi connectivity index (χ2v) is 7.26. The predicted octanol–water partition coefficient (Wildman–Crippen LogP) is 4.13. The second-order valence-electron chi connectivity index (χ2n) is 7.26. The van der Waals surface area contributed by atoms with Gasteiger partial charge in [0.2, 0.25) is 0 Å². The minimum Gasteiger partial charge on any atom is -0.368 e. The normalized spacial score (nSPS) is 25.2. The van der Waals surface area contributed by atoms with Crippen LogP contribution in [0, 0.1) is 5.41 Å². The lowest BCUT2D eigenvalue weighted by atomic mass is 9.78. The van der Waals surface area contributed by atoms with Crippen molar-refractivity contribution >= 4 is 5.69 Å². The Labute approximate surface area is 129 Å². The Balaban J connectivity index is 1.85. The summed E-state index contributed by atoms with van der Waals surface area (Å²) in [6.07, 6.45) is 10.6. The van der Waals surface area contributed by atoms with Gasteiger partial charge in [0.15, 0.2) is 0 Å². The number of hydrogen-bond donors (Lipinski definition) is 1. The van der Waals surface area contributed by atoms with Gasteiger partial charge in [-0.2, -0.15) is 0 Å². The Morgan fingerprint density at radius 2 is 1.86 bits per heavy atom. The van der Waals surface area contributed by atoms with E-state index in [0.29, 0.717) is 11.5 Å². The van der Waals surface area contributed by atoms with E-state index in [2.05, 4.69) is 36.1 Å². The molecule has 0 bridgehead atoms. The molecule has 0 radical (unpaired) electrons. The van der Waals surface area contributed by atoms with Crippen molar-refractivity contribution in [1.82, 2.24) is 0 Å². The first-order chi connectivity index (χ1) is 10.2. The Morgan fingerprint density at radius 3 is 2.57 bits per heavy atom. The SMILES string of the molecule is CC1CCc2ccccc2N1CC1(CN)CCCCCC1. The van der Waals surface area contributed by atoms with Gasteiger partial charge < -0.3 is 10.6 Å². The highest BCUT2D eigenvalue weighted by Gasteiger charge is 2.34. The van der Waals surface area contributed by atoms with Crippen LogP contribution >= 0.6 is 0 Å². The molecule has 1 aliphatic heterocycles. The average Bonchev–Trinajstić information content (AvgIpc) is 2.76. The Kier molecular flexibility index (Phi) is 4.54. The molecule has 1 aromatic rings. The summed E-state index contributed by atoms with van der Waals surface area (Å²) in [7, 11) is 0. The van der Waals surface area contributed by atoms with E-state index < -0.39 is 0 Å². The van der Waals surface area contributed by atoms with Crippen LogP contribution in [0.2, 0.25) is 0 Å². The highest BCUT2D eigenvalue weighted by molar-refractivity contribution is 5.56. The predicted molar refractivity (Wildman–Crippen MR) is 90.8 cm³/mol. The molecule has 1 atom stereocenters. The zero-order valence-corrected chi connectivity index (χ0v) is 13.5. The maximum Gasteiger partial charge on any atom is 0.0401 e. The van der Waals surface area contributed by atoms with Crippen molar-refractivity contribution in [3.8, 4) is 0 Å². The molecular weight excluding hydrogens is 256 g/mol. The first-order valence-corrected chi connectivity index (χ1v) is 8.79. The van der Waals surface area contributed by atoms with Crippen molar-refractivity contribution in [2.75, 3.05) is 18.0 Å². The molecule has 0 aromatic heterocycles. The third kappa shape index (κ3) is 3.11. The molecule has 2 aliphatic rings. The molecule has 1 aliphatic carbocycles. The lowest BCUT2D eigenvalue weighted by Gasteiger charge is -2.44. The zero-order valence-electron chi connectivity index (χ0n) is 13.5. The number of benzene rings is 1. The summed E-state index contributed by atoms with van der Waals surface area (Å²) < 4.78 is 0. The van der Waals surface area contributed by atoms with E-state index in [1.165, 1.54) is 62.6 Å². The molecule has 0 amide bonds. The molecule has 0 spiro atoms. The lowest BCUT2D eigenvalue weighted by Crippen LogP contribution is -2.47. The van der Waals surface area contributed by atoms with E-state index in [1.54, 1.807) is 0 Å². The number of aryl methyl sites for hydroxylation is 1. The maximum absolute atomic E-state index is 6.26. The fourth-order valence-electron chi connectivity index (χ4n) is 4.27. The molecule has 2 nitrogen and oxygen atoms in total. The Hall–Kier alpha value is -1.02. The molecule has 1 aromatic carbocycles. The largest absolute Gasteiger partial charge is 0.368 e. The van der Waals surface area contributed by atoms with E-state index in [4.69, 9.17) is 5.73 Å². The number of fused-ring (bicyclic) bond motifs is 1. The minimum atomic E-state index is 0.342. The highest BCUT2D eigenvalue weighted by Crippen LogP contribution is 2.39. The minimum absolute atomic E-state index is 0.342. The fourth-order valence-corrected chi connectivity index (χ4v) is 4.27. The molecular formula is C19H30N2. The van der Waals surface area contributed by atoms with Gasteiger partial charge in [0.25, 0.3) is 0 Å². The quantitative estimate of drug-likeness (QED) is 0.847. The molecule has 2 heteroatoms. The van der Waals surface area contributed by atoms with Crippen molar-refractivity contribution in [2.45, 2.75) is 64.3 Å². The van der Waals surface area contributed by atoms with Crippen LogP contribution in [0.4, 0.5) is 5.69 Å². The number of hydrogen-bond acceptors (Lipinski definition) is 2. The van der Waals surface area contributed by atoms with Crippen LogP contribution in [-0.4, -0.2) is 19.1 Å². The second kappa shape index (κ2) is 6.39. The van der Waals surface area contributed by atoms with Gasteiger partial charge in [-0.05, 0) is 50.8 Å². The first-order valence-electron chi connectivity index (χ1n) is 8.79. The summed E-state index contributed by atoms with van der Waals surface area (Å²) >= 11 is 0. The topological polar surface area (TPSA) is 29.3 Å². The van der Waals surface area contributed by atoms with Gasteiger partial charge in [0.05, 0.1) is 0 Å². The van der Waals surface area contributed by atoms with Gasteiger partial charge in [0, 0.05) is 23.7 Å². The number of anilines is 1. The zero-order chi connectivity index (χ0) is 14.7. The van der Waals surface area contributed by atoms with Crippen molar-refractivity contribution in [3.63, 3.8) is 0 Å². The van der Waals surface area contributed by atoms with Crippen molar-refractivity contribution in [1.29, 1.82) is 0 Å². The Bertz CT molecular complexity index is 460. The van der Waals surface area contributed by atoms with Gasteiger partial charge in [-0.25, -0.2) is 0 Å².